The Morgan fingerprint density at radius 3 is 2.80 bits per heavy atom. The van der Waals surface area contributed by atoms with Gasteiger partial charge in [0, 0.05) is 6.42 Å². The van der Waals surface area contributed by atoms with Crippen LogP contribution in [-0.2, 0) is 17.7 Å². The molecule has 3 nitrogen and oxygen atoms in total. The van der Waals surface area contributed by atoms with E-state index in [1.54, 1.807) is 14.2 Å². The Balaban J connectivity index is 2.31. The number of fused-ring (bicyclic) bond motifs is 1. The van der Waals surface area contributed by atoms with Crippen LogP contribution in [0.15, 0.2) is 23.4 Å². The van der Waals surface area contributed by atoms with Gasteiger partial charge in [-0.05, 0) is 30.0 Å². The van der Waals surface area contributed by atoms with E-state index in [2.05, 4.69) is 11.2 Å². The molecule has 0 N–H and O–H groups in total. The normalized spacial score (nSPS) is 17.3. The number of rotatable bonds is 2. The van der Waals surface area contributed by atoms with Gasteiger partial charge in [-0.15, -0.1) is 0 Å². The summed E-state index contributed by atoms with van der Waals surface area (Å²) >= 11 is 0. The van der Waals surface area contributed by atoms with Crippen molar-refractivity contribution in [2.75, 3.05) is 14.2 Å². The van der Waals surface area contributed by atoms with Gasteiger partial charge in [0.2, 0.25) is 0 Å². The summed E-state index contributed by atoms with van der Waals surface area (Å²) < 4.78 is 5.34. The first-order chi connectivity index (χ1) is 7.35. The minimum atomic E-state index is 0.875. The van der Waals surface area contributed by atoms with E-state index in [4.69, 9.17) is 9.57 Å². The van der Waals surface area contributed by atoms with Crippen molar-refractivity contribution < 1.29 is 9.57 Å². The number of methoxy groups -OCH3 is 1. The van der Waals surface area contributed by atoms with Crippen LogP contribution >= 0.6 is 0 Å². The third kappa shape index (κ3) is 1.96. The van der Waals surface area contributed by atoms with Crippen LogP contribution < -0.4 is 4.74 Å². The third-order valence-corrected chi connectivity index (χ3v) is 2.73. The Hall–Kier alpha value is -1.51. The zero-order valence-electron chi connectivity index (χ0n) is 9.12. The first-order valence-electron chi connectivity index (χ1n) is 5.09. The van der Waals surface area contributed by atoms with Gasteiger partial charge in [-0.1, -0.05) is 17.3 Å². The monoisotopic (exact) mass is 205 g/mol. The number of benzene rings is 1. The van der Waals surface area contributed by atoms with Gasteiger partial charge >= 0.3 is 0 Å². The van der Waals surface area contributed by atoms with E-state index in [0.29, 0.717) is 0 Å². The molecular formula is C12H15NO2. The fourth-order valence-electron chi connectivity index (χ4n) is 2.04. The molecule has 1 aliphatic rings. The molecule has 0 spiro atoms. The van der Waals surface area contributed by atoms with Gasteiger partial charge in [0.25, 0.3) is 0 Å². The van der Waals surface area contributed by atoms with E-state index in [0.717, 1.165) is 30.7 Å². The maximum absolute atomic E-state index is 5.34. The average molecular weight is 205 g/mol. The smallest absolute Gasteiger partial charge is 0.122 e. The topological polar surface area (TPSA) is 30.8 Å². The molecule has 0 radical (unpaired) electrons. The molecule has 0 aliphatic heterocycles. The van der Waals surface area contributed by atoms with Crippen LogP contribution in [0.25, 0.3) is 0 Å². The lowest BCUT2D eigenvalue weighted by atomic mass is 9.90. The number of hydrogen-bond acceptors (Lipinski definition) is 3. The molecule has 0 aromatic heterocycles. The van der Waals surface area contributed by atoms with Gasteiger partial charge < -0.3 is 9.57 Å². The van der Waals surface area contributed by atoms with Gasteiger partial charge in [0.1, 0.15) is 12.9 Å². The second-order valence-electron chi connectivity index (χ2n) is 3.61. The molecule has 1 aromatic carbocycles. The summed E-state index contributed by atoms with van der Waals surface area (Å²) in [6.07, 6.45) is 2.82. The molecule has 15 heavy (non-hydrogen) atoms. The van der Waals surface area contributed by atoms with Gasteiger partial charge in [-0.25, -0.2) is 0 Å². The van der Waals surface area contributed by atoms with Crippen LogP contribution in [0.5, 0.6) is 5.75 Å². The van der Waals surface area contributed by atoms with Gasteiger partial charge in [-0.3, -0.25) is 0 Å². The molecule has 0 fully saturated rings. The second kappa shape index (κ2) is 4.34. The van der Waals surface area contributed by atoms with Crippen molar-refractivity contribution in [2.45, 2.75) is 19.3 Å². The van der Waals surface area contributed by atoms with E-state index >= 15 is 0 Å². The highest BCUT2D eigenvalue weighted by molar-refractivity contribution is 5.88. The van der Waals surface area contributed by atoms with Gasteiger partial charge in [-0.2, -0.15) is 0 Å². The number of nitrogens with zero attached hydrogens (tertiary/aromatic N) is 1. The number of ether oxygens (including phenoxy) is 1. The molecule has 0 bridgehead atoms. The van der Waals surface area contributed by atoms with E-state index in [9.17, 15) is 0 Å². The lowest BCUT2D eigenvalue weighted by Crippen LogP contribution is -2.14. The maximum Gasteiger partial charge on any atom is 0.122 e. The van der Waals surface area contributed by atoms with Crippen LogP contribution in [-0.4, -0.2) is 19.9 Å². The van der Waals surface area contributed by atoms with Crippen molar-refractivity contribution in [2.24, 2.45) is 5.16 Å². The number of hydrogen-bond donors (Lipinski definition) is 0. The van der Waals surface area contributed by atoms with E-state index in [1.165, 1.54) is 11.1 Å². The van der Waals surface area contributed by atoms with Crippen molar-refractivity contribution in [1.82, 2.24) is 0 Å². The first kappa shape index (κ1) is 10.0. The molecule has 2 rings (SSSR count). The van der Waals surface area contributed by atoms with E-state index < -0.39 is 0 Å². The summed E-state index contributed by atoms with van der Waals surface area (Å²) in [6.45, 7) is 0. The quantitative estimate of drug-likeness (QED) is 0.693. The summed E-state index contributed by atoms with van der Waals surface area (Å²) in [7, 11) is 3.31. The van der Waals surface area contributed by atoms with Crippen LogP contribution in [0, 0.1) is 0 Å². The largest absolute Gasteiger partial charge is 0.496 e. The van der Waals surface area contributed by atoms with E-state index in [1.807, 2.05) is 12.1 Å². The zero-order chi connectivity index (χ0) is 10.7. The summed E-state index contributed by atoms with van der Waals surface area (Å²) in [5, 5.41) is 4.01. The lowest BCUT2D eigenvalue weighted by molar-refractivity contribution is 0.211. The SMILES string of the molecule is CON=C1CCc2c(cccc2OC)C1. The molecule has 1 aromatic rings. The Morgan fingerprint density at radius 1 is 1.20 bits per heavy atom. The lowest BCUT2D eigenvalue weighted by Gasteiger charge is -2.19. The summed E-state index contributed by atoms with van der Waals surface area (Å²) in [6, 6.07) is 6.16. The molecule has 0 saturated carbocycles. The summed E-state index contributed by atoms with van der Waals surface area (Å²) in [5.41, 5.74) is 3.73. The van der Waals surface area contributed by atoms with Crippen LogP contribution in [0.4, 0.5) is 0 Å². The molecule has 0 heterocycles. The Morgan fingerprint density at radius 2 is 2.07 bits per heavy atom. The Kier molecular flexibility index (Phi) is 2.90. The molecule has 0 atom stereocenters. The Bertz CT molecular complexity index is 385. The van der Waals surface area contributed by atoms with Crippen LogP contribution in [0.1, 0.15) is 17.5 Å². The molecule has 0 saturated heterocycles. The average Bonchev–Trinajstić information content (AvgIpc) is 2.28. The molecule has 80 valence electrons. The molecule has 1 aliphatic carbocycles. The predicted molar refractivity (Wildman–Crippen MR) is 59.5 cm³/mol. The van der Waals surface area contributed by atoms with Crippen molar-refractivity contribution in [3.63, 3.8) is 0 Å². The molecule has 0 amide bonds. The number of oxime groups is 1. The zero-order valence-corrected chi connectivity index (χ0v) is 9.12. The molecular weight excluding hydrogens is 190 g/mol. The fraction of sp³-hybridized carbons (Fsp3) is 0.417. The van der Waals surface area contributed by atoms with Crippen molar-refractivity contribution in [3.8, 4) is 5.75 Å². The molecule has 0 unspecified atom stereocenters. The van der Waals surface area contributed by atoms with Gasteiger partial charge in [0.05, 0.1) is 12.8 Å². The highest BCUT2D eigenvalue weighted by Crippen LogP contribution is 2.28. The third-order valence-electron chi connectivity index (χ3n) is 2.73. The first-order valence-corrected chi connectivity index (χ1v) is 5.09. The van der Waals surface area contributed by atoms with Crippen molar-refractivity contribution >= 4 is 5.71 Å². The predicted octanol–water partition coefficient (Wildman–Crippen LogP) is 2.19. The van der Waals surface area contributed by atoms with E-state index in [-0.39, 0.29) is 0 Å². The second-order valence-corrected chi connectivity index (χ2v) is 3.61. The molecule has 3 heteroatoms. The highest BCUT2D eigenvalue weighted by atomic mass is 16.6. The Labute approximate surface area is 89.7 Å². The van der Waals surface area contributed by atoms with Crippen LogP contribution in [0.2, 0.25) is 0 Å². The minimum absolute atomic E-state index is 0.875. The fourth-order valence-corrected chi connectivity index (χ4v) is 2.04. The minimum Gasteiger partial charge on any atom is -0.496 e. The highest BCUT2D eigenvalue weighted by Gasteiger charge is 2.17. The van der Waals surface area contributed by atoms with Crippen molar-refractivity contribution in [3.05, 3.63) is 29.3 Å². The van der Waals surface area contributed by atoms with Crippen molar-refractivity contribution in [1.29, 1.82) is 0 Å². The summed E-state index contributed by atoms with van der Waals surface area (Å²) in [5.74, 6) is 0.990. The van der Waals surface area contributed by atoms with Crippen LogP contribution in [0.3, 0.4) is 0 Å². The standard InChI is InChI=1S/C12H15NO2/c1-14-12-5-3-4-9-8-10(13-15-2)6-7-11(9)12/h3-5H,6-8H2,1-2H3. The van der Waals surface area contributed by atoms with Gasteiger partial charge in [0.15, 0.2) is 0 Å². The maximum atomic E-state index is 5.34. The summed E-state index contributed by atoms with van der Waals surface area (Å²) in [4.78, 5) is 4.81.